The second-order valence-corrected chi connectivity index (χ2v) is 6.30. The lowest BCUT2D eigenvalue weighted by Crippen LogP contribution is -2.45. The molecular formula is C17H15NO6S. The first-order valence-electron chi connectivity index (χ1n) is 7.24. The zero-order valence-electron chi connectivity index (χ0n) is 13.2. The summed E-state index contributed by atoms with van der Waals surface area (Å²) in [4.78, 5) is 47.0. The fraction of sp³-hybridized carbons (Fsp3) is 0.176. The fourth-order valence-corrected chi connectivity index (χ4v) is 3.19. The van der Waals surface area contributed by atoms with Gasteiger partial charge in [-0.1, -0.05) is 36.4 Å². The standard InChI is InChI=1S/C17H15NO6S/c1-10(7-11-5-3-2-4-6-11)8-13-15(21)18(17(24)25-13)12(16(22)23)9-14(19)20/h2-8,12H,9H2,1H3,(H,19,20)(H,22,23)/b10-7-,13-8+/t12-/m1/s1. The van der Waals surface area contributed by atoms with E-state index < -0.39 is 35.5 Å². The molecule has 0 aromatic heterocycles. The molecule has 2 rings (SSSR count). The fourth-order valence-electron chi connectivity index (χ4n) is 2.26. The number of thioether (sulfide) groups is 1. The minimum absolute atomic E-state index is 0.0614. The Morgan fingerprint density at radius 2 is 1.84 bits per heavy atom. The third kappa shape index (κ3) is 4.57. The van der Waals surface area contributed by atoms with Crippen LogP contribution < -0.4 is 0 Å². The molecule has 1 atom stereocenters. The lowest BCUT2D eigenvalue weighted by atomic mass is 10.1. The van der Waals surface area contributed by atoms with E-state index in [0.29, 0.717) is 22.2 Å². The molecule has 1 aromatic carbocycles. The number of amides is 2. The smallest absolute Gasteiger partial charge is 0.327 e. The number of carboxylic acid groups (broad SMARTS) is 2. The second-order valence-electron chi connectivity index (χ2n) is 5.30. The van der Waals surface area contributed by atoms with E-state index in [1.807, 2.05) is 30.3 Å². The molecule has 7 nitrogen and oxygen atoms in total. The first-order valence-corrected chi connectivity index (χ1v) is 8.06. The highest BCUT2D eigenvalue weighted by Gasteiger charge is 2.43. The predicted octanol–water partition coefficient (Wildman–Crippen LogP) is 2.60. The molecule has 2 N–H and O–H groups in total. The zero-order valence-corrected chi connectivity index (χ0v) is 14.0. The second kappa shape index (κ2) is 7.80. The van der Waals surface area contributed by atoms with Crippen LogP contribution in [0.15, 0.2) is 46.9 Å². The predicted molar refractivity (Wildman–Crippen MR) is 91.7 cm³/mol. The largest absolute Gasteiger partial charge is 0.481 e. The van der Waals surface area contributed by atoms with Crippen molar-refractivity contribution in [2.75, 3.05) is 0 Å². The third-order valence-corrected chi connectivity index (χ3v) is 4.22. The Morgan fingerprint density at radius 1 is 1.20 bits per heavy atom. The normalized spacial score (nSPS) is 17.9. The molecule has 8 heteroatoms. The summed E-state index contributed by atoms with van der Waals surface area (Å²) in [6, 6.07) is 7.60. The summed E-state index contributed by atoms with van der Waals surface area (Å²) in [6.45, 7) is 1.74. The summed E-state index contributed by atoms with van der Waals surface area (Å²) in [7, 11) is 0. The van der Waals surface area contributed by atoms with E-state index in [1.54, 1.807) is 13.0 Å². The van der Waals surface area contributed by atoms with Crippen LogP contribution in [-0.4, -0.2) is 44.2 Å². The lowest BCUT2D eigenvalue weighted by Gasteiger charge is -2.19. The van der Waals surface area contributed by atoms with E-state index in [1.165, 1.54) is 6.08 Å². The van der Waals surface area contributed by atoms with Gasteiger partial charge in [-0.2, -0.15) is 0 Å². The number of carboxylic acids is 2. The SMILES string of the molecule is CC(=C/c1ccccc1)/C=C1/SC(=O)N([C@H](CC(=O)O)C(=O)O)C1=O. The van der Waals surface area contributed by atoms with Crippen LogP contribution in [0.3, 0.4) is 0 Å². The number of hydrogen-bond donors (Lipinski definition) is 2. The van der Waals surface area contributed by atoms with Crippen molar-refractivity contribution < 1.29 is 29.4 Å². The van der Waals surface area contributed by atoms with E-state index in [9.17, 15) is 19.2 Å². The lowest BCUT2D eigenvalue weighted by molar-refractivity contribution is -0.150. The highest BCUT2D eigenvalue weighted by atomic mass is 32.2. The molecule has 0 bridgehead atoms. The number of carbonyl (C=O) groups is 4. The van der Waals surface area contributed by atoms with Crippen LogP contribution in [0.25, 0.3) is 6.08 Å². The molecule has 1 saturated heterocycles. The molecule has 0 spiro atoms. The van der Waals surface area contributed by atoms with E-state index in [4.69, 9.17) is 10.2 Å². The topological polar surface area (TPSA) is 112 Å². The van der Waals surface area contributed by atoms with Crippen molar-refractivity contribution in [1.82, 2.24) is 4.90 Å². The summed E-state index contributed by atoms with van der Waals surface area (Å²) in [5, 5.41) is 17.1. The van der Waals surface area contributed by atoms with Gasteiger partial charge in [0.25, 0.3) is 11.1 Å². The van der Waals surface area contributed by atoms with Gasteiger partial charge in [-0.15, -0.1) is 0 Å². The molecule has 130 valence electrons. The molecule has 0 radical (unpaired) electrons. The number of allylic oxidation sites excluding steroid dienone is 2. The molecule has 1 aromatic rings. The van der Waals surface area contributed by atoms with Crippen LogP contribution in [0, 0.1) is 0 Å². The number of nitrogens with zero attached hydrogens (tertiary/aromatic N) is 1. The van der Waals surface area contributed by atoms with E-state index in [-0.39, 0.29) is 4.91 Å². The Bertz CT molecular complexity index is 784. The van der Waals surface area contributed by atoms with E-state index in [2.05, 4.69) is 0 Å². The van der Waals surface area contributed by atoms with Crippen molar-refractivity contribution in [2.45, 2.75) is 19.4 Å². The molecule has 1 heterocycles. The van der Waals surface area contributed by atoms with Gasteiger partial charge in [0, 0.05) is 0 Å². The van der Waals surface area contributed by atoms with E-state index >= 15 is 0 Å². The van der Waals surface area contributed by atoms with Crippen molar-refractivity contribution >= 4 is 40.9 Å². The number of carbonyl (C=O) groups excluding carboxylic acids is 2. The van der Waals surface area contributed by atoms with Gasteiger partial charge >= 0.3 is 11.9 Å². The van der Waals surface area contributed by atoms with Gasteiger partial charge in [-0.25, -0.2) is 4.79 Å². The Kier molecular flexibility index (Phi) is 5.76. The minimum Gasteiger partial charge on any atom is -0.481 e. The molecule has 0 unspecified atom stereocenters. The molecule has 0 saturated carbocycles. The Morgan fingerprint density at radius 3 is 2.40 bits per heavy atom. The average Bonchev–Trinajstić information content (AvgIpc) is 2.79. The third-order valence-electron chi connectivity index (χ3n) is 3.34. The number of rotatable bonds is 6. The molecular weight excluding hydrogens is 346 g/mol. The number of imide groups is 1. The first kappa shape index (κ1) is 18.5. The quantitative estimate of drug-likeness (QED) is 0.749. The number of hydrogen-bond acceptors (Lipinski definition) is 5. The molecule has 1 fully saturated rings. The van der Waals surface area contributed by atoms with Gasteiger partial charge in [-0.3, -0.25) is 19.3 Å². The van der Waals surface area contributed by atoms with Crippen molar-refractivity contribution in [3.05, 3.63) is 52.4 Å². The molecule has 1 aliphatic heterocycles. The summed E-state index contributed by atoms with van der Waals surface area (Å²) >= 11 is 0.595. The van der Waals surface area contributed by atoms with Gasteiger partial charge in [0.2, 0.25) is 0 Å². The van der Waals surface area contributed by atoms with Crippen LogP contribution in [0.5, 0.6) is 0 Å². The average molecular weight is 361 g/mol. The van der Waals surface area contributed by atoms with Crippen LogP contribution in [0.1, 0.15) is 18.9 Å². The van der Waals surface area contributed by atoms with Crippen molar-refractivity contribution in [3.8, 4) is 0 Å². The monoisotopic (exact) mass is 361 g/mol. The van der Waals surface area contributed by atoms with Gasteiger partial charge in [-0.05, 0) is 35.9 Å². The molecule has 1 aliphatic rings. The maximum Gasteiger partial charge on any atom is 0.327 e. The number of aliphatic carboxylic acids is 2. The van der Waals surface area contributed by atoms with Gasteiger partial charge in [0.1, 0.15) is 6.04 Å². The molecule has 25 heavy (non-hydrogen) atoms. The van der Waals surface area contributed by atoms with Crippen LogP contribution in [-0.2, 0) is 14.4 Å². The minimum atomic E-state index is -1.73. The van der Waals surface area contributed by atoms with Crippen LogP contribution in [0.4, 0.5) is 4.79 Å². The van der Waals surface area contributed by atoms with Crippen molar-refractivity contribution in [1.29, 1.82) is 0 Å². The van der Waals surface area contributed by atoms with Crippen molar-refractivity contribution in [2.24, 2.45) is 0 Å². The summed E-state index contributed by atoms with van der Waals surface area (Å²) < 4.78 is 0. The zero-order chi connectivity index (χ0) is 18.6. The van der Waals surface area contributed by atoms with E-state index in [0.717, 1.165) is 5.56 Å². The highest BCUT2D eigenvalue weighted by molar-refractivity contribution is 8.18. The first-order chi connectivity index (χ1) is 11.8. The highest BCUT2D eigenvalue weighted by Crippen LogP contribution is 2.34. The Labute approximate surface area is 147 Å². The van der Waals surface area contributed by atoms with Gasteiger partial charge < -0.3 is 10.2 Å². The maximum atomic E-state index is 12.4. The van der Waals surface area contributed by atoms with Crippen LogP contribution >= 0.6 is 11.8 Å². The summed E-state index contributed by atoms with van der Waals surface area (Å²) in [5.74, 6) is -3.75. The summed E-state index contributed by atoms with van der Waals surface area (Å²) in [5.41, 5.74) is 1.60. The Balaban J connectivity index is 2.26. The van der Waals surface area contributed by atoms with Crippen LogP contribution in [0.2, 0.25) is 0 Å². The van der Waals surface area contributed by atoms with Gasteiger partial charge in [0.05, 0.1) is 11.3 Å². The van der Waals surface area contributed by atoms with Gasteiger partial charge in [0.15, 0.2) is 0 Å². The maximum absolute atomic E-state index is 12.4. The summed E-state index contributed by atoms with van der Waals surface area (Å²) in [6.07, 6.45) is 2.44. The molecule has 2 amide bonds. The molecule has 0 aliphatic carbocycles. The Hall–Kier alpha value is -2.87. The van der Waals surface area contributed by atoms with Crippen molar-refractivity contribution in [3.63, 3.8) is 0 Å². The number of benzene rings is 1.